The quantitative estimate of drug-likeness (QED) is 0.765. The fraction of sp³-hybridized carbons (Fsp3) is 0.529. The number of nitrogens with one attached hydrogen (secondary N) is 2. The van der Waals surface area contributed by atoms with Crippen molar-refractivity contribution in [3.8, 4) is 0 Å². The highest BCUT2D eigenvalue weighted by molar-refractivity contribution is 5.94. The smallest absolute Gasteiger partial charge is 0.256 e. The van der Waals surface area contributed by atoms with Crippen LogP contribution in [0.3, 0.4) is 0 Å². The number of likely N-dealkylation sites (tertiary alicyclic amines) is 1. The summed E-state index contributed by atoms with van der Waals surface area (Å²) in [7, 11) is 1.86. The van der Waals surface area contributed by atoms with Gasteiger partial charge in [-0.2, -0.15) is 0 Å². The number of carbonyl (C=O) groups excluding carboxylic acids is 2. The number of benzene rings is 1. The van der Waals surface area contributed by atoms with Crippen molar-refractivity contribution in [2.24, 2.45) is 0 Å². The van der Waals surface area contributed by atoms with E-state index >= 15 is 0 Å². The first kappa shape index (κ1) is 20.4. The number of rotatable bonds is 6. The summed E-state index contributed by atoms with van der Waals surface area (Å²) in [5.41, 5.74) is 0.113. The Hall–Kier alpha value is -1.66. The maximum atomic E-state index is 13.7. The molecule has 0 aromatic heterocycles. The predicted molar refractivity (Wildman–Crippen MR) is 93.9 cm³/mol. The summed E-state index contributed by atoms with van der Waals surface area (Å²) in [6, 6.07) is 6.14. The van der Waals surface area contributed by atoms with Crippen LogP contribution in [0.1, 0.15) is 36.0 Å². The van der Waals surface area contributed by atoms with Crippen LogP contribution in [0.25, 0.3) is 0 Å². The minimum Gasteiger partial charge on any atom is -0.353 e. The zero-order chi connectivity index (χ0) is 16.7. The lowest BCUT2D eigenvalue weighted by atomic mass is 10.0. The van der Waals surface area contributed by atoms with Gasteiger partial charge >= 0.3 is 0 Å². The van der Waals surface area contributed by atoms with Crippen molar-refractivity contribution < 1.29 is 14.0 Å². The van der Waals surface area contributed by atoms with E-state index in [1.54, 1.807) is 17.0 Å². The van der Waals surface area contributed by atoms with Crippen LogP contribution in [0.4, 0.5) is 4.39 Å². The number of nitrogens with zero attached hydrogens (tertiary/aromatic N) is 1. The third-order valence-corrected chi connectivity index (χ3v) is 4.08. The summed E-state index contributed by atoms with van der Waals surface area (Å²) in [6.45, 7) is 1.90. The second-order valence-corrected chi connectivity index (χ2v) is 5.82. The van der Waals surface area contributed by atoms with Crippen LogP contribution < -0.4 is 10.6 Å². The van der Waals surface area contributed by atoms with E-state index in [0.29, 0.717) is 32.4 Å². The SMILES string of the molecule is CNCCCC(=O)NC1CCN(C(=O)c2ccccc2F)CC1.Cl. The Morgan fingerprint density at radius 1 is 1.25 bits per heavy atom. The van der Waals surface area contributed by atoms with Gasteiger partial charge in [-0.25, -0.2) is 4.39 Å². The van der Waals surface area contributed by atoms with Crippen LogP contribution in [0.15, 0.2) is 24.3 Å². The van der Waals surface area contributed by atoms with Crippen molar-refractivity contribution in [3.63, 3.8) is 0 Å². The van der Waals surface area contributed by atoms with Crippen LogP contribution in [-0.2, 0) is 4.79 Å². The Kier molecular flexibility index (Phi) is 8.71. The van der Waals surface area contributed by atoms with Gasteiger partial charge in [-0.15, -0.1) is 12.4 Å². The first-order chi connectivity index (χ1) is 11.1. The molecule has 1 heterocycles. The topological polar surface area (TPSA) is 61.4 Å². The van der Waals surface area contributed by atoms with E-state index in [0.717, 1.165) is 13.0 Å². The summed E-state index contributed by atoms with van der Waals surface area (Å²) >= 11 is 0. The summed E-state index contributed by atoms with van der Waals surface area (Å²) < 4.78 is 13.7. The summed E-state index contributed by atoms with van der Waals surface area (Å²) in [4.78, 5) is 25.8. The number of halogens is 2. The molecule has 1 aromatic carbocycles. The minimum atomic E-state index is -0.488. The van der Waals surface area contributed by atoms with Gasteiger partial charge in [0.2, 0.25) is 5.91 Å². The molecule has 0 saturated carbocycles. The van der Waals surface area contributed by atoms with Crippen LogP contribution in [-0.4, -0.2) is 49.4 Å². The van der Waals surface area contributed by atoms with E-state index in [-0.39, 0.29) is 35.8 Å². The van der Waals surface area contributed by atoms with E-state index in [9.17, 15) is 14.0 Å². The Morgan fingerprint density at radius 2 is 1.92 bits per heavy atom. The normalized spacial score (nSPS) is 14.8. The van der Waals surface area contributed by atoms with Crippen molar-refractivity contribution in [2.45, 2.75) is 31.7 Å². The Bertz CT molecular complexity index is 548. The fourth-order valence-electron chi connectivity index (χ4n) is 2.76. The van der Waals surface area contributed by atoms with Crippen molar-refractivity contribution in [1.29, 1.82) is 0 Å². The van der Waals surface area contributed by atoms with E-state index < -0.39 is 5.82 Å². The fourth-order valence-corrected chi connectivity index (χ4v) is 2.76. The van der Waals surface area contributed by atoms with Crippen molar-refractivity contribution >= 4 is 24.2 Å². The molecular formula is C17H25ClFN3O2. The van der Waals surface area contributed by atoms with Gasteiger partial charge in [0, 0.05) is 25.6 Å². The maximum absolute atomic E-state index is 13.7. The largest absolute Gasteiger partial charge is 0.353 e. The molecule has 134 valence electrons. The third-order valence-electron chi connectivity index (χ3n) is 4.08. The molecule has 2 N–H and O–H groups in total. The molecule has 7 heteroatoms. The van der Waals surface area contributed by atoms with E-state index in [1.165, 1.54) is 12.1 Å². The lowest BCUT2D eigenvalue weighted by molar-refractivity contribution is -0.122. The first-order valence-electron chi connectivity index (χ1n) is 8.09. The van der Waals surface area contributed by atoms with Gasteiger partial charge in [-0.3, -0.25) is 9.59 Å². The molecule has 1 aromatic rings. The van der Waals surface area contributed by atoms with Crippen LogP contribution in [0, 0.1) is 5.82 Å². The highest BCUT2D eigenvalue weighted by Gasteiger charge is 2.25. The molecule has 2 amide bonds. The molecule has 1 aliphatic heterocycles. The molecule has 0 bridgehead atoms. The Balaban J connectivity index is 0.00000288. The number of amides is 2. The average Bonchev–Trinajstić information content (AvgIpc) is 2.56. The van der Waals surface area contributed by atoms with Gasteiger partial charge in [0.05, 0.1) is 5.56 Å². The lowest BCUT2D eigenvalue weighted by Gasteiger charge is -2.32. The predicted octanol–water partition coefficient (Wildman–Crippen LogP) is 1.97. The molecule has 2 rings (SSSR count). The molecule has 1 fully saturated rings. The molecule has 1 aliphatic rings. The molecule has 0 radical (unpaired) electrons. The standard InChI is InChI=1S/C17H24FN3O2.ClH/c1-19-10-4-7-16(22)20-13-8-11-21(12-9-13)17(23)14-5-2-3-6-15(14)18;/h2-3,5-6,13,19H,4,7-12H2,1H3,(H,20,22);1H. The highest BCUT2D eigenvalue weighted by Crippen LogP contribution is 2.16. The molecule has 0 spiro atoms. The highest BCUT2D eigenvalue weighted by atomic mass is 35.5. The molecule has 0 atom stereocenters. The number of carbonyl (C=O) groups is 2. The summed E-state index contributed by atoms with van der Waals surface area (Å²) in [5.74, 6) is -0.710. The van der Waals surface area contributed by atoms with Crippen molar-refractivity contribution in [3.05, 3.63) is 35.6 Å². The molecule has 0 unspecified atom stereocenters. The van der Waals surface area contributed by atoms with Gasteiger partial charge in [0.25, 0.3) is 5.91 Å². The summed E-state index contributed by atoms with van der Waals surface area (Å²) in [5, 5.41) is 6.02. The number of hydrogen-bond donors (Lipinski definition) is 2. The molecule has 24 heavy (non-hydrogen) atoms. The lowest BCUT2D eigenvalue weighted by Crippen LogP contribution is -2.46. The molecule has 0 aliphatic carbocycles. The second kappa shape index (κ2) is 10.3. The minimum absolute atomic E-state index is 0. The van der Waals surface area contributed by atoms with Gasteiger partial charge < -0.3 is 15.5 Å². The van der Waals surface area contributed by atoms with Gasteiger partial charge in [0.1, 0.15) is 5.82 Å². The average molecular weight is 358 g/mol. The molecule has 5 nitrogen and oxygen atoms in total. The number of piperidine rings is 1. The van der Waals surface area contributed by atoms with E-state index in [2.05, 4.69) is 10.6 Å². The first-order valence-corrected chi connectivity index (χ1v) is 8.09. The van der Waals surface area contributed by atoms with Crippen LogP contribution in [0.5, 0.6) is 0 Å². The Morgan fingerprint density at radius 3 is 2.54 bits per heavy atom. The number of hydrogen-bond acceptors (Lipinski definition) is 3. The van der Waals surface area contributed by atoms with Gasteiger partial charge in [0.15, 0.2) is 0 Å². The van der Waals surface area contributed by atoms with Crippen molar-refractivity contribution in [1.82, 2.24) is 15.5 Å². The van der Waals surface area contributed by atoms with Crippen LogP contribution >= 0.6 is 12.4 Å². The third kappa shape index (κ3) is 5.76. The molecular weight excluding hydrogens is 333 g/mol. The second-order valence-electron chi connectivity index (χ2n) is 5.82. The zero-order valence-corrected chi connectivity index (χ0v) is 14.7. The van der Waals surface area contributed by atoms with Crippen molar-refractivity contribution in [2.75, 3.05) is 26.7 Å². The van der Waals surface area contributed by atoms with Crippen LogP contribution in [0.2, 0.25) is 0 Å². The maximum Gasteiger partial charge on any atom is 0.256 e. The van der Waals surface area contributed by atoms with E-state index in [4.69, 9.17) is 0 Å². The summed E-state index contributed by atoms with van der Waals surface area (Å²) in [6.07, 6.45) is 2.73. The van der Waals surface area contributed by atoms with E-state index in [1.807, 2.05) is 7.05 Å². The zero-order valence-electron chi connectivity index (χ0n) is 13.9. The van der Waals surface area contributed by atoms with Gasteiger partial charge in [-0.05, 0) is 45.0 Å². The Labute approximate surface area is 148 Å². The van der Waals surface area contributed by atoms with Gasteiger partial charge in [-0.1, -0.05) is 12.1 Å². The molecule has 1 saturated heterocycles. The monoisotopic (exact) mass is 357 g/mol.